The lowest BCUT2D eigenvalue weighted by atomic mass is 9.87. The van der Waals surface area contributed by atoms with Gasteiger partial charge in [0.1, 0.15) is 11.6 Å². The molecule has 2 aromatic rings. The molecule has 0 aliphatic carbocycles. The van der Waals surface area contributed by atoms with Gasteiger partial charge in [0, 0.05) is 18.5 Å². The Bertz CT molecular complexity index is 773. The summed E-state index contributed by atoms with van der Waals surface area (Å²) >= 11 is 0. The first-order valence-corrected chi connectivity index (χ1v) is 9.86. The Labute approximate surface area is 165 Å². The molecule has 0 aromatic heterocycles. The van der Waals surface area contributed by atoms with Crippen LogP contribution in [0.15, 0.2) is 48.5 Å². The van der Waals surface area contributed by atoms with E-state index in [1.807, 2.05) is 18.2 Å². The molecule has 2 aromatic carbocycles. The molecular weight excluding hydrogens is 357 g/mol. The Kier molecular flexibility index (Phi) is 7.04. The van der Waals surface area contributed by atoms with E-state index in [9.17, 15) is 14.3 Å². The molecule has 1 atom stereocenters. The van der Waals surface area contributed by atoms with E-state index < -0.39 is 5.97 Å². The van der Waals surface area contributed by atoms with E-state index in [4.69, 9.17) is 4.74 Å². The highest BCUT2D eigenvalue weighted by atomic mass is 19.1. The smallest absolute Gasteiger partial charge is 0.303 e. The van der Waals surface area contributed by atoms with Crippen LogP contribution < -0.4 is 4.74 Å². The zero-order valence-electron chi connectivity index (χ0n) is 16.3. The second kappa shape index (κ2) is 9.69. The van der Waals surface area contributed by atoms with E-state index in [0.29, 0.717) is 0 Å². The summed E-state index contributed by atoms with van der Waals surface area (Å²) in [7, 11) is 1.62. The predicted molar refractivity (Wildman–Crippen MR) is 107 cm³/mol. The molecule has 4 nitrogen and oxygen atoms in total. The van der Waals surface area contributed by atoms with Gasteiger partial charge in [-0.05, 0) is 68.0 Å². The average Bonchev–Trinajstić information content (AvgIpc) is 2.69. The summed E-state index contributed by atoms with van der Waals surface area (Å²) < 4.78 is 19.1. The van der Waals surface area contributed by atoms with Crippen LogP contribution in [0.25, 0.3) is 0 Å². The number of carboxylic acids is 1. The van der Waals surface area contributed by atoms with E-state index in [2.05, 4.69) is 17.0 Å². The molecule has 0 saturated carbocycles. The molecule has 0 radical (unpaired) electrons. The lowest BCUT2D eigenvalue weighted by molar-refractivity contribution is -0.138. The monoisotopic (exact) mass is 385 g/mol. The molecule has 0 amide bonds. The summed E-state index contributed by atoms with van der Waals surface area (Å²) in [6, 6.07) is 14.8. The number of carboxylic acid groups (broad SMARTS) is 1. The van der Waals surface area contributed by atoms with Crippen molar-refractivity contribution < 1.29 is 19.0 Å². The van der Waals surface area contributed by atoms with Crippen LogP contribution in [0.4, 0.5) is 4.39 Å². The molecule has 1 heterocycles. The number of methoxy groups -OCH3 is 1. The number of likely N-dealkylation sites (tertiary alicyclic amines) is 1. The Morgan fingerprint density at radius 3 is 2.57 bits per heavy atom. The summed E-state index contributed by atoms with van der Waals surface area (Å²) in [5.74, 6) is 0.115. The Morgan fingerprint density at radius 1 is 1.21 bits per heavy atom. The lowest BCUT2D eigenvalue weighted by Gasteiger charge is -2.34. The van der Waals surface area contributed by atoms with Crippen molar-refractivity contribution >= 4 is 5.97 Å². The normalized spacial score (nSPS) is 16.6. The maximum Gasteiger partial charge on any atom is 0.303 e. The first-order chi connectivity index (χ1) is 13.5. The Balaban J connectivity index is 1.60. The van der Waals surface area contributed by atoms with E-state index in [1.165, 1.54) is 11.6 Å². The second-order valence-electron chi connectivity index (χ2n) is 7.61. The fourth-order valence-electron chi connectivity index (χ4n) is 4.21. The van der Waals surface area contributed by atoms with Gasteiger partial charge in [0.2, 0.25) is 0 Å². The molecule has 1 aliphatic rings. The number of benzene rings is 2. The minimum absolute atomic E-state index is 0.0835. The lowest BCUT2D eigenvalue weighted by Crippen LogP contribution is -2.37. The van der Waals surface area contributed by atoms with Crippen molar-refractivity contribution in [3.05, 3.63) is 65.5 Å². The summed E-state index contributed by atoms with van der Waals surface area (Å²) in [6.07, 6.45) is 2.78. The molecule has 1 saturated heterocycles. The molecule has 1 fully saturated rings. The maximum atomic E-state index is 13.7. The van der Waals surface area contributed by atoms with E-state index >= 15 is 0 Å². The number of halogens is 1. The van der Waals surface area contributed by atoms with E-state index in [1.54, 1.807) is 19.2 Å². The zero-order valence-corrected chi connectivity index (χ0v) is 16.3. The number of nitrogens with zero attached hydrogens (tertiary/aromatic N) is 1. The second-order valence-corrected chi connectivity index (χ2v) is 7.61. The van der Waals surface area contributed by atoms with Crippen molar-refractivity contribution in [1.82, 2.24) is 4.90 Å². The third-order valence-electron chi connectivity index (χ3n) is 5.57. The minimum atomic E-state index is -0.750. The Morgan fingerprint density at radius 2 is 1.93 bits per heavy atom. The first-order valence-electron chi connectivity index (χ1n) is 9.86. The van der Waals surface area contributed by atoms with Crippen molar-refractivity contribution in [1.29, 1.82) is 0 Å². The minimum Gasteiger partial charge on any atom is -0.496 e. The van der Waals surface area contributed by atoms with Crippen LogP contribution in [-0.2, 0) is 11.2 Å². The fraction of sp³-hybridized carbons (Fsp3) is 0.435. The summed E-state index contributed by atoms with van der Waals surface area (Å²) in [6.45, 7) is 2.54. The SMILES string of the molecule is COc1ccc(F)cc1C1CCN(C[C@H](CC(=O)O)Cc2ccccc2)CC1. The van der Waals surface area contributed by atoms with Gasteiger partial charge in [-0.25, -0.2) is 4.39 Å². The summed E-state index contributed by atoms with van der Waals surface area (Å²) in [5.41, 5.74) is 2.11. The van der Waals surface area contributed by atoms with Crippen molar-refractivity contribution in [3.8, 4) is 5.75 Å². The number of piperidine rings is 1. The van der Waals surface area contributed by atoms with Crippen LogP contribution in [0.2, 0.25) is 0 Å². The van der Waals surface area contributed by atoms with Gasteiger partial charge < -0.3 is 14.7 Å². The molecule has 0 bridgehead atoms. The Hall–Kier alpha value is -2.40. The topological polar surface area (TPSA) is 49.8 Å². The molecular formula is C23H28FNO3. The largest absolute Gasteiger partial charge is 0.496 e. The fourth-order valence-corrected chi connectivity index (χ4v) is 4.21. The van der Waals surface area contributed by atoms with Gasteiger partial charge >= 0.3 is 5.97 Å². The van der Waals surface area contributed by atoms with Gasteiger partial charge in [-0.3, -0.25) is 4.79 Å². The predicted octanol–water partition coefficient (Wildman–Crippen LogP) is 4.35. The number of ether oxygens (including phenoxy) is 1. The molecule has 5 heteroatoms. The average molecular weight is 385 g/mol. The van der Waals surface area contributed by atoms with Crippen molar-refractivity contribution in [2.75, 3.05) is 26.7 Å². The zero-order chi connectivity index (χ0) is 19.9. The van der Waals surface area contributed by atoms with Gasteiger partial charge in [0.25, 0.3) is 0 Å². The number of aliphatic carboxylic acids is 1. The summed E-state index contributed by atoms with van der Waals surface area (Å²) in [5, 5.41) is 9.30. The van der Waals surface area contributed by atoms with Gasteiger partial charge in [-0.1, -0.05) is 30.3 Å². The number of rotatable bonds is 8. The van der Waals surface area contributed by atoms with Crippen LogP contribution in [-0.4, -0.2) is 42.7 Å². The molecule has 0 unspecified atom stereocenters. The first kappa shape index (κ1) is 20.3. The van der Waals surface area contributed by atoms with Crippen LogP contribution >= 0.6 is 0 Å². The van der Waals surface area contributed by atoms with E-state index in [0.717, 1.165) is 50.2 Å². The molecule has 28 heavy (non-hydrogen) atoms. The van der Waals surface area contributed by atoms with Gasteiger partial charge in [-0.15, -0.1) is 0 Å². The molecule has 1 aliphatic heterocycles. The third-order valence-corrected chi connectivity index (χ3v) is 5.57. The van der Waals surface area contributed by atoms with Crippen molar-refractivity contribution in [2.24, 2.45) is 5.92 Å². The molecule has 0 spiro atoms. The van der Waals surface area contributed by atoms with Crippen LogP contribution in [0.1, 0.15) is 36.3 Å². The molecule has 150 valence electrons. The maximum absolute atomic E-state index is 13.7. The molecule has 3 rings (SSSR count). The number of hydrogen-bond acceptors (Lipinski definition) is 3. The highest BCUT2D eigenvalue weighted by Crippen LogP contribution is 2.35. The number of hydrogen-bond donors (Lipinski definition) is 1. The quantitative estimate of drug-likeness (QED) is 0.734. The molecule has 1 N–H and O–H groups in total. The third kappa shape index (κ3) is 5.55. The van der Waals surface area contributed by atoms with Crippen LogP contribution in [0.5, 0.6) is 5.75 Å². The van der Waals surface area contributed by atoms with Gasteiger partial charge in [0.05, 0.1) is 7.11 Å². The number of carbonyl (C=O) groups is 1. The van der Waals surface area contributed by atoms with Crippen molar-refractivity contribution in [2.45, 2.75) is 31.6 Å². The standard InChI is InChI=1S/C23H28FNO3/c1-28-22-8-7-20(24)15-21(22)19-9-11-25(12-10-19)16-18(14-23(26)27)13-17-5-3-2-4-6-17/h2-8,15,18-19H,9-14,16H2,1H3,(H,26,27)/t18-/m0/s1. The highest BCUT2D eigenvalue weighted by molar-refractivity contribution is 5.67. The van der Waals surface area contributed by atoms with Crippen LogP contribution in [0, 0.1) is 11.7 Å². The van der Waals surface area contributed by atoms with Gasteiger partial charge in [0.15, 0.2) is 0 Å². The van der Waals surface area contributed by atoms with Crippen molar-refractivity contribution in [3.63, 3.8) is 0 Å². The van der Waals surface area contributed by atoms with E-state index in [-0.39, 0.29) is 24.1 Å². The van der Waals surface area contributed by atoms with Gasteiger partial charge in [-0.2, -0.15) is 0 Å². The van der Waals surface area contributed by atoms with Crippen LogP contribution in [0.3, 0.4) is 0 Å². The highest BCUT2D eigenvalue weighted by Gasteiger charge is 2.26. The summed E-state index contributed by atoms with van der Waals surface area (Å²) in [4.78, 5) is 13.7.